The van der Waals surface area contributed by atoms with E-state index >= 15 is 0 Å². The van der Waals surface area contributed by atoms with Crippen molar-refractivity contribution >= 4 is 21.8 Å². The Kier molecular flexibility index (Phi) is 10.4. The van der Waals surface area contributed by atoms with Crippen LogP contribution >= 0.6 is 0 Å². The van der Waals surface area contributed by atoms with E-state index in [1.54, 1.807) is 0 Å². The summed E-state index contributed by atoms with van der Waals surface area (Å²) in [6.07, 6.45) is 9.69. The first kappa shape index (κ1) is 41.5. The van der Waals surface area contributed by atoms with Gasteiger partial charge in [-0.2, -0.15) is 0 Å². The van der Waals surface area contributed by atoms with Crippen molar-refractivity contribution in [2.45, 2.75) is 64.7 Å². The number of para-hydroxylation sites is 1. The highest BCUT2D eigenvalue weighted by molar-refractivity contribution is 6.11. The molecule has 10 aromatic rings. The van der Waals surface area contributed by atoms with E-state index in [0.717, 1.165) is 45.3 Å². The minimum Gasteiger partial charge on any atom is -0.458 e. The minimum atomic E-state index is -0.363. The van der Waals surface area contributed by atoms with E-state index in [2.05, 4.69) is 246 Å². The van der Waals surface area contributed by atoms with Gasteiger partial charge in [0.15, 0.2) is 0 Å². The van der Waals surface area contributed by atoms with Gasteiger partial charge in [-0.05, 0) is 99.0 Å². The van der Waals surface area contributed by atoms with Gasteiger partial charge in [0.2, 0.25) is 0 Å². The Balaban J connectivity index is 1.07. The zero-order valence-corrected chi connectivity index (χ0v) is 38.2. The number of hydrogen-bond donors (Lipinski definition) is 0. The fourth-order valence-electron chi connectivity index (χ4n) is 9.25. The van der Waals surface area contributed by atoms with Crippen LogP contribution in [0.1, 0.15) is 76.3 Å². The molecule has 0 aliphatic carbocycles. The Morgan fingerprint density at radius 3 is 1.92 bits per heavy atom. The topological polar surface area (TPSA) is 35.9 Å². The Morgan fingerprint density at radius 1 is 0.523 bits per heavy atom. The van der Waals surface area contributed by atoms with Gasteiger partial charge < -0.3 is 4.74 Å². The van der Waals surface area contributed by atoms with E-state index < -0.39 is 0 Å². The van der Waals surface area contributed by atoms with E-state index in [9.17, 15) is 0 Å². The number of fused-ring (bicyclic) bond motifs is 3. The fourth-order valence-corrected chi connectivity index (χ4v) is 9.25. The monoisotopic (exact) mass is 846 g/mol. The van der Waals surface area contributed by atoms with Crippen molar-refractivity contribution < 1.29 is 9.30 Å². The lowest BCUT2D eigenvalue weighted by atomic mass is 9.76. The molecule has 5 nitrogen and oxygen atoms in total. The highest BCUT2D eigenvalue weighted by Crippen LogP contribution is 2.45. The number of hydrogen-bond acceptors (Lipinski definition) is 2. The molecule has 0 saturated carbocycles. The van der Waals surface area contributed by atoms with Crippen molar-refractivity contribution in [3.63, 3.8) is 0 Å². The van der Waals surface area contributed by atoms with Gasteiger partial charge in [-0.1, -0.05) is 170 Å². The lowest BCUT2D eigenvalue weighted by Gasteiger charge is -2.28. The number of nitrogens with zero attached hydrogens (tertiary/aromatic N) is 4. The van der Waals surface area contributed by atoms with E-state index in [4.69, 9.17) is 9.72 Å². The summed E-state index contributed by atoms with van der Waals surface area (Å²) in [4.78, 5) is 4.99. The van der Waals surface area contributed by atoms with E-state index in [1.165, 1.54) is 44.2 Å². The number of pyridine rings is 1. The lowest BCUT2D eigenvalue weighted by Crippen LogP contribution is -2.29. The molecule has 0 atom stereocenters. The molecule has 320 valence electrons. The third kappa shape index (κ3) is 7.82. The molecule has 0 N–H and O–H groups in total. The van der Waals surface area contributed by atoms with Gasteiger partial charge in [0.25, 0.3) is 6.33 Å². The Morgan fingerprint density at radius 2 is 1.20 bits per heavy atom. The predicted molar refractivity (Wildman–Crippen MR) is 266 cm³/mol. The fraction of sp³-hybridized carbons (Fsp3) is 0.167. The van der Waals surface area contributed by atoms with Gasteiger partial charge in [0.05, 0.1) is 22.4 Å². The second-order valence-electron chi connectivity index (χ2n) is 19.2. The molecule has 65 heavy (non-hydrogen) atoms. The molecule has 7 aromatic carbocycles. The maximum absolute atomic E-state index is 6.97. The largest absolute Gasteiger partial charge is 0.458 e. The number of aromatic nitrogens is 4. The maximum Gasteiger partial charge on any atom is 0.268 e. The van der Waals surface area contributed by atoms with Crippen LogP contribution in [-0.4, -0.2) is 14.1 Å². The summed E-state index contributed by atoms with van der Waals surface area (Å²) in [5.41, 5.74) is 12.0. The number of rotatable bonds is 10. The molecule has 0 amide bonds. The van der Waals surface area contributed by atoms with Gasteiger partial charge in [0, 0.05) is 46.3 Å². The molecule has 0 aliphatic rings. The third-order valence-corrected chi connectivity index (χ3v) is 13.2. The minimum absolute atomic E-state index is 0.0406. The molecule has 0 radical (unpaired) electrons. The molecule has 0 unspecified atom stereocenters. The summed E-state index contributed by atoms with van der Waals surface area (Å²) < 4.78 is 13.4. The zero-order chi connectivity index (χ0) is 44.9. The normalized spacial score (nSPS) is 12.2. The molecular formula is C60H54N4O. The first-order valence-corrected chi connectivity index (χ1v) is 22.5. The van der Waals surface area contributed by atoms with Gasteiger partial charge >= 0.3 is 0 Å². The van der Waals surface area contributed by atoms with Crippen LogP contribution in [0.5, 0.6) is 11.5 Å². The summed E-state index contributed by atoms with van der Waals surface area (Å²) in [6.45, 7) is 16.0. The van der Waals surface area contributed by atoms with E-state index in [0.29, 0.717) is 0 Å². The van der Waals surface area contributed by atoms with Crippen LogP contribution < -0.4 is 9.30 Å². The van der Waals surface area contributed by atoms with Gasteiger partial charge in [-0.15, -0.1) is 0 Å². The van der Waals surface area contributed by atoms with E-state index in [-0.39, 0.29) is 16.2 Å². The van der Waals surface area contributed by atoms with Crippen LogP contribution in [0.15, 0.2) is 201 Å². The number of benzene rings is 7. The average Bonchev–Trinajstić information content (AvgIpc) is 3.96. The summed E-state index contributed by atoms with van der Waals surface area (Å²) in [5, 5.41) is 2.37. The molecular weight excluding hydrogens is 793 g/mol. The van der Waals surface area contributed by atoms with Crippen molar-refractivity contribution in [1.29, 1.82) is 0 Å². The zero-order valence-electron chi connectivity index (χ0n) is 38.2. The van der Waals surface area contributed by atoms with Crippen LogP contribution in [0.25, 0.3) is 50.1 Å². The molecule has 0 saturated heterocycles. The molecule has 3 heterocycles. The van der Waals surface area contributed by atoms with Gasteiger partial charge in [0.1, 0.15) is 17.3 Å². The quantitative estimate of drug-likeness (QED) is 0.102. The highest BCUT2D eigenvalue weighted by Gasteiger charge is 2.30. The van der Waals surface area contributed by atoms with Crippen molar-refractivity contribution in [1.82, 2.24) is 14.1 Å². The summed E-state index contributed by atoms with van der Waals surface area (Å²) in [7, 11) is 0. The summed E-state index contributed by atoms with van der Waals surface area (Å²) in [6, 6.07) is 64.7. The smallest absolute Gasteiger partial charge is 0.268 e. The maximum atomic E-state index is 6.97. The van der Waals surface area contributed by atoms with Crippen molar-refractivity contribution in [3.8, 4) is 39.8 Å². The third-order valence-electron chi connectivity index (χ3n) is 13.2. The average molecular weight is 847 g/mol. The van der Waals surface area contributed by atoms with Crippen molar-refractivity contribution in [2.75, 3.05) is 0 Å². The van der Waals surface area contributed by atoms with Gasteiger partial charge in [-0.25, -0.2) is 4.98 Å². The molecule has 0 fully saturated rings. The predicted octanol–water partition coefficient (Wildman–Crippen LogP) is 14.5. The second kappa shape index (κ2) is 16.2. The van der Waals surface area contributed by atoms with Crippen LogP contribution in [0.3, 0.4) is 0 Å². The SMILES string of the molecule is CC(C)(C)c1ccnc(-n2c3ccccc3c3c(C(C)(C)c4ccccc4)cc(Oc4cccc(-n5[c-][n+](-c6cc(-c7ccccc7)cc(C(C)(C)c7ccccc7)c6)cc5)c4)cc32)c1. The summed E-state index contributed by atoms with van der Waals surface area (Å²) in [5.74, 6) is 2.36. The lowest BCUT2D eigenvalue weighted by molar-refractivity contribution is -0.599. The molecule has 5 heteroatoms. The molecule has 0 aliphatic heterocycles. The van der Waals surface area contributed by atoms with Crippen LogP contribution in [0, 0.1) is 6.33 Å². The first-order valence-electron chi connectivity index (χ1n) is 22.5. The number of imidazole rings is 1. The Bertz CT molecular complexity index is 3320. The van der Waals surface area contributed by atoms with Crippen LogP contribution in [0.4, 0.5) is 0 Å². The molecule has 10 rings (SSSR count). The van der Waals surface area contributed by atoms with Crippen LogP contribution in [-0.2, 0) is 16.2 Å². The Labute approximate surface area is 382 Å². The van der Waals surface area contributed by atoms with Crippen molar-refractivity contribution in [2.24, 2.45) is 0 Å². The van der Waals surface area contributed by atoms with E-state index in [1.807, 2.05) is 22.9 Å². The molecule has 0 spiro atoms. The Hall–Kier alpha value is -7.50. The van der Waals surface area contributed by atoms with Crippen LogP contribution in [0.2, 0.25) is 0 Å². The van der Waals surface area contributed by atoms with Crippen molar-refractivity contribution in [3.05, 3.63) is 235 Å². The van der Waals surface area contributed by atoms with Gasteiger partial charge in [-0.3, -0.25) is 13.7 Å². The number of ether oxygens (including phenoxy) is 1. The molecule has 3 aromatic heterocycles. The first-order chi connectivity index (χ1) is 31.3. The standard InChI is InChI=1S/C60H54N4O/c1-58(2,3)46-30-31-61-56(37-46)64-54-29-18-17-28-52(54)57-53(60(6,7)45-24-15-10-16-25-45)39-51(40-55(57)64)65-50-27-19-26-48(38-50)62-32-33-63(41-62)49-35-43(42-20-11-8-12-21-42)34-47(36-49)59(4,5)44-22-13-9-14-23-44/h8-40H,1-7H3. The summed E-state index contributed by atoms with van der Waals surface area (Å²) >= 11 is 0. The second-order valence-corrected chi connectivity index (χ2v) is 19.2. The highest BCUT2D eigenvalue weighted by atomic mass is 16.5. The molecule has 0 bridgehead atoms.